The van der Waals surface area contributed by atoms with Crippen LogP contribution < -0.4 is 4.74 Å². The van der Waals surface area contributed by atoms with E-state index in [9.17, 15) is 14.4 Å². The smallest absolute Gasteiger partial charge is 0.339 e. The van der Waals surface area contributed by atoms with E-state index in [1.54, 1.807) is 0 Å². The molecule has 22 heavy (non-hydrogen) atoms. The van der Waals surface area contributed by atoms with Crippen LogP contribution in [0, 0.1) is 0 Å². The van der Waals surface area contributed by atoms with Crippen LogP contribution in [-0.2, 0) is 4.79 Å². The summed E-state index contributed by atoms with van der Waals surface area (Å²) in [4.78, 5) is 34.2. The largest absolute Gasteiger partial charge is 0.478 e. The molecule has 0 aromatic heterocycles. The second-order valence-corrected chi connectivity index (χ2v) is 5.20. The Morgan fingerprint density at radius 2 is 1.77 bits per heavy atom. The summed E-state index contributed by atoms with van der Waals surface area (Å²) in [5.74, 6) is -1.96. The van der Waals surface area contributed by atoms with Crippen LogP contribution in [0.4, 0.5) is 0 Å². The van der Waals surface area contributed by atoms with Gasteiger partial charge in [0.25, 0.3) is 0 Å². The molecular weight excluding hydrogens is 284 g/mol. The number of carboxylic acids is 1. The summed E-state index contributed by atoms with van der Waals surface area (Å²) >= 11 is 0. The van der Waals surface area contributed by atoms with E-state index in [1.807, 2.05) is 0 Å². The molecule has 5 nitrogen and oxygen atoms in total. The zero-order valence-corrected chi connectivity index (χ0v) is 13.1. The number of benzene rings is 1. The Hall–Kier alpha value is -2.17. The van der Waals surface area contributed by atoms with Crippen molar-refractivity contribution in [1.82, 2.24) is 0 Å². The highest BCUT2D eigenvalue weighted by Crippen LogP contribution is 2.22. The minimum absolute atomic E-state index is 0.0421. The Morgan fingerprint density at radius 1 is 1.09 bits per heavy atom. The number of aromatic carboxylic acids is 1. The second kappa shape index (κ2) is 8.97. The normalized spacial score (nSPS) is 10.3. The molecule has 1 aromatic carbocycles. The third-order valence-electron chi connectivity index (χ3n) is 3.29. The van der Waals surface area contributed by atoms with E-state index in [-0.39, 0.29) is 17.1 Å². The molecule has 5 heteroatoms. The maximum absolute atomic E-state index is 12.1. The lowest BCUT2D eigenvalue weighted by Crippen LogP contribution is -2.09. The first-order valence-corrected chi connectivity index (χ1v) is 7.54. The number of hydrogen-bond acceptors (Lipinski definition) is 4. The standard InChI is InChI=1S/C17H22O5/c1-3-4-5-6-7-8-15(19)13-9-10-16(22-12(2)18)14(11-13)17(20)21/h9-11H,3-8H2,1-2H3,(H,20,21). The Bertz CT molecular complexity index is 548. The zero-order valence-electron chi connectivity index (χ0n) is 13.1. The van der Waals surface area contributed by atoms with Crippen LogP contribution in [-0.4, -0.2) is 22.8 Å². The van der Waals surface area contributed by atoms with Gasteiger partial charge >= 0.3 is 11.9 Å². The number of carbonyl (C=O) groups is 3. The summed E-state index contributed by atoms with van der Waals surface area (Å²) in [7, 11) is 0. The lowest BCUT2D eigenvalue weighted by molar-refractivity contribution is -0.131. The first-order valence-electron chi connectivity index (χ1n) is 7.54. The molecule has 0 amide bonds. The van der Waals surface area contributed by atoms with Crippen LogP contribution in [0.1, 0.15) is 73.1 Å². The number of esters is 1. The van der Waals surface area contributed by atoms with Crippen LogP contribution in [0.2, 0.25) is 0 Å². The monoisotopic (exact) mass is 306 g/mol. The van der Waals surface area contributed by atoms with Crippen molar-refractivity contribution < 1.29 is 24.2 Å². The van der Waals surface area contributed by atoms with Gasteiger partial charge in [-0.3, -0.25) is 9.59 Å². The van der Waals surface area contributed by atoms with Gasteiger partial charge in [-0.25, -0.2) is 4.79 Å². The van der Waals surface area contributed by atoms with Gasteiger partial charge in [0.1, 0.15) is 11.3 Å². The molecule has 0 radical (unpaired) electrons. The van der Waals surface area contributed by atoms with Crippen molar-refractivity contribution in [2.75, 3.05) is 0 Å². The van der Waals surface area contributed by atoms with Gasteiger partial charge in [0.15, 0.2) is 5.78 Å². The van der Waals surface area contributed by atoms with E-state index in [1.165, 1.54) is 25.1 Å². The van der Waals surface area contributed by atoms with E-state index < -0.39 is 11.9 Å². The molecular formula is C17H22O5. The van der Waals surface area contributed by atoms with Crippen molar-refractivity contribution in [2.24, 2.45) is 0 Å². The quantitative estimate of drug-likeness (QED) is 0.324. The first-order chi connectivity index (χ1) is 10.5. The number of unbranched alkanes of at least 4 members (excludes halogenated alkanes) is 4. The molecule has 0 aliphatic rings. The van der Waals surface area contributed by atoms with Gasteiger partial charge in [0.05, 0.1) is 0 Å². The van der Waals surface area contributed by atoms with Crippen LogP contribution in [0.15, 0.2) is 18.2 Å². The van der Waals surface area contributed by atoms with E-state index in [4.69, 9.17) is 9.84 Å². The number of carbonyl (C=O) groups excluding carboxylic acids is 2. The molecule has 0 fully saturated rings. The summed E-state index contributed by atoms with van der Waals surface area (Å²) in [5, 5.41) is 9.16. The summed E-state index contributed by atoms with van der Waals surface area (Å²) in [5.41, 5.74) is 0.163. The van der Waals surface area contributed by atoms with Crippen molar-refractivity contribution >= 4 is 17.7 Å². The summed E-state index contributed by atoms with van der Waals surface area (Å²) < 4.78 is 4.84. The zero-order chi connectivity index (χ0) is 16.5. The second-order valence-electron chi connectivity index (χ2n) is 5.20. The maximum atomic E-state index is 12.1. The Balaban J connectivity index is 2.74. The van der Waals surface area contributed by atoms with E-state index in [2.05, 4.69) is 6.92 Å². The molecule has 0 spiro atoms. The molecule has 0 unspecified atom stereocenters. The van der Waals surface area contributed by atoms with Gasteiger partial charge in [-0.15, -0.1) is 0 Å². The highest BCUT2D eigenvalue weighted by molar-refractivity contribution is 6.00. The van der Waals surface area contributed by atoms with Crippen molar-refractivity contribution in [3.63, 3.8) is 0 Å². The van der Waals surface area contributed by atoms with Crippen LogP contribution >= 0.6 is 0 Å². The van der Waals surface area contributed by atoms with Crippen molar-refractivity contribution in [3.05, 3.63) is 29.3 Å². The minimum Gasteiger partial charge on any atom is -0.478 e. The number of carboxylic acid groups (broad SMARTS) is 1. The number of hydrogen-bond donors (Lipinski definition) is 1. The highest BCUT2D eigenvalue weighted by atomic mass is 16.5. The van der Waals surface area contributed by atoms with E-state index in [0.717, 1.165) is 32.1 Å². The average Bonchev–Trinajstić information content (AvgIpc) is 2.46. The number of ether oxygens (including phenoxy) is 1. The summed E-state index contributed by atoms with van der Waals surface area (Å²) in [6, 6.07) is 4.13. The van der Waals surface area contributed by atoms with E-state index >= 15 is 0 Å². The van der Waals surface area contributed by atoms with Crippen molar-refractivity contribution in [3.8, 4) is 5.75 Å². The lowest BCUT2D eigenvalue weighted by Gasteiger charge is -2.08. The van der Waals surface area contributed by atoms with Crippen molar-refractivity contribution in [2.45, 2.75) is 52.4 Å². The van der Waals surface area contributed by atoms with Crippen LogP contribution in [0.25, 0.3) is 0 Å². The predicted octanol–water partition coefficient (Wildman–Crippen LogP) is 3.85. The number of Topliss-reactive ketones (excluding diaryl/α,β-unsaturated/α-hetero) is 1. The van der Waals surface area contributed by atoms with Gasteiger partial charge in [0, 0.05) is 18.9 Å². The third-order valence-corrected chi connectivity index (χ3v) is 3.29. The molecule has 0 saturated carbocycles. The number of ketones is 1. The molecule has 0 saturated heterocycles. The highest BCUT2D eigenvalue weighted by Gasteiger charge is 2.16. The minimum atomic E-state index is -1.23. The van der Waals surface area contributed by atoms with Gasteiger partial charge in [0.2, 0.25) is 0 Å². The fourth-order valence-corrected chi connectivity index (χ4v) is 2.15. The van der Waals surface area contributed by atoms with Gasteiger partial charge in [-0.2, -0.15) is 0 Å². The predicted molar refractivity (Wildman–Crippen MR) is 82.4 cm³/mol. The Kier molecular flexibility index (Phi) is 7.29. The topological polar surface area (TPSA) is 80.7 Å². The molecule has 0 bridgehead atoms. The van der Waals surface area contributed by atoms with Gasteiger partial charge in [-0.05, 0) is 24.6 Å². The lowest BCUT2D eigenvalue weighted by atomic mass is 10.0. The summed E-state index contributed by atoms with van der Waals surface area (Å²) in [6.45, 7) is 3.32. The van der Waals surface area contributed by atoms with Crippen LogP contribution in [0.5, 0.6) is 5.75 Å². The fourth-order valence-electron chi connectivity index (χ4n) is 2.15. The molecule has 0 atom stereocenters. The van der Waals surface area contributed by atoms with Gasteiger partial charge in [-0.1, -0.05) is 32.6 Å². The number of rotatable bonds is 9. The molecule has 120 valence electrons. The maximum Gasteiger partial charge on any atom is 0.339 e. The van der Waals surface area contributed by atoms with Crippen molar-refractivity contribution in [1.29, 1.82) is 0 Å². The molecule has 1 aromatic rings. The Labute approximate surface area is 130 Å². The molecule has 0 heterocycles. The Morgan fingerprint density at radius 3 is 2.36 bits per heavy atom. The molecule has 1 rings (SSSR count). The van der Waals surface area contributed by atoms with E-state index in [0.29, 0.717) is 12.0 Å². The van der Waals surface area contributed by atoms with Gasteiger partial charge < -0.3 is 9.84 Å². The van der Waals surface area contributed by atoms with Crippen LogP contribution in [0.3, 0.4) is 0 Å². The SMILES string of the molecule is CCCCCCCC(=O)c1ccc(OC(C)=O)c(C(=O)O)c1. The third kappa shape index (κ3) is 5.68. The molecule has 0 aliphatic heterocycles. The molecule has 1 N–H and O–H groups in total. The average molecular weight is 306 g/mol. The summed E-state index contributed by atoms with van der Waals surface area (Å²) in [6.07, 6.45) is 5.61. The molecule has 0 aliphatic carbocycles. The fraction of sp³-hybridized carbons (Fsp3) is 0.471. The first kappa shape index (κ1) is 17.9.